The Morgan fingerprint density at radius 2 is 2.14 bits per heavy atom. The number of nitrogens with two attached hydrogens (primary N) is 2. The molecule has 1 rings (SSSR count). The standard InChI is InChI=1S/C7H14N4O3/c8-5(13)7(4-12)3-10-1-2-11(7)6(9)14/h10,12H,1-4H2,(H2,8,13)(H2,9,14). The number of urea groups is 1. The third-order valence-corrected chi connectivity index (χ3v) is 2.43. The summed E-state index contributed by atoms with van der Waals surface area (Å²) in [5, 5.41) is 12.0. The molecule has 1 atom stereocenters. The molecule has 1 heterocycles. The van der Waals surface area contributed by atoms with E-state index in [9.17, 15) is 9.59 Å². The number of nitrogens with one attached hydrogen (secondary N) is 1. The highest BCUT2D eigenvalue weighted by Gasteiger charge is 2.45. The fourth-order valence-corrected chi connectivity index (χ4v) is 1.56. The molecular formula is C7H14N4O3. The number of hydrogen-bond acceptors (Lipinski definition) is 4. The monoisotopic (exact) mass is 202 g/mol. The van der Waals surface area contributed by atoms with E-state index in [2.05, 4.69) is 5.32 Å². The van der Waals surface area contributed by atoms with Crippen molar-refractivity contribution >= 4 is 11.9 Å². The van der Waals surface area contributed by atoms with Crippen LogP contribution in [-0.4, -0.2) is 53.7 Å². The van der Waals surface area contributed by atoms with Gasteiger partial charge in [0, 0.05) is 19.6 Å². The molecule has 7 nitrogen and oxygen atoms in total. The zero-order valence-electron chi connectivity index (χ0n) is 7.69. The smallest absolute Gasteiger partial charge is 0.315 e. The number of aliphatic hydroxyl groups excluding tert-OH is 1. The Morgan fingerprint density at radius 3 is 2.50 bits per heavy atom. The quantitative estimate of drug-likeness (QED) is 0.386. The minimum atomic E-state index is -1.40. The average Bonchev–Trinajstić information content (AvgIpc) is 2.17. The molecule has 14 heavy (non-hydrogen) atoms. The Hall–Kier alpha value is -1.34. The zero-order valence-corrected chi connectivity index (χ0v) is 7.69. The van der Waals surface area contributed by atoms with Crippen molar-refractivity contribution in [3.63, 3.8) is 0 Å². The number of carbonyl (C=O) groups is 2. The van der Waals surface area contributed by atoms with Gasteiger partial charge in [0.2, 0.25) is 5.91 Å². The van der Waals surface area contributed by atoms with E-state index in [0.717, 1.165) is 4.90 Å². The van der Waals surface area contributed by atoms with Crippen LogP contribution >= 0.6 is 0 Å². The summed E-state index contributed by atoms with van der Waals surface area (Å²) in [5.41, 5.74) is 8.85. The lowest BCUT2D eigenvalue weighted by molar-refractivity contribution is -0.132. The second kappa shape index (κ2) is 3.81. The number of nitrogens with zero attached hydrogens (tertiary/aromatic N) is 1. The van der Waals surface area contributed by atoms with Crippen molar-refractivity contribution in [2.24, 2.45) is 11.5 Å². The number of hydrogen-bond donors (Lipinski definition) is 4. The summed E-state index contributed by atoms with van der Waals surface area (Å²) in [6.07, 6.45) is 0. The largest absolute Gasteiger partial charge is 0.393 e. The SMILES string of the molecule is NC(=O)N1CCNCC1(CO)C(N)=O. The molecule has 7 heteroatoms. The van der Waals surface area contributed by atoms with Gasteiger partial charge in [-0.1, -0.05) is 0 Å². The van der Waals surface area contributed by atoms with Gasteiger partial charge in [-0.3, -0.25) is 4.79 Å². The van der Waals surface area contributed by atoms with Crippen molar-refractivity contribution in [2.45, 2.75) is 5.54 Å². The lowest BCUT2D eigenvalue weighted by atomic mass is 9.95. The van der Waals surface area contributed by atoms with Gasteiger partial charge in [-0.2, -0.15) is 0 Å². The summed E-state index contributed by atoms with van der Waals surface area (Å²) in [7, 11) is 0. The van der Waals surface area contributed by atoms with E-state index >= 15 is 0 Å². The maximum absolute atomic E-state index is 11.2. The molecule has 6 N–H and O–H groups in total. The van der Waals surface area contributed by atoms with Crippen LogP contribution in [0.3, 0.4) is 0 Å². The topological polar surface area (TPSA) is 122 Å². The highest BCUT2D eigenvalue weighted by molar-refractivity contribution is 5.90. The van der Waals surface area contributed by atoms with Crippen LogP contribution in [0.5, 0.6) is 0 Å². The molecule has 0 radical (unpaired) electrons. The van der Waals surface area contributed by atoms with Crippen molar-refractivity contribution < 1.29 is 14.7 Å². The normalized spacial score (nSPS) is 27.4. The van der Waals surface area contributed by atoms with E-state index in [1.165, 1.54) is 0 Å². The van der Waals surface area contributed by atoms with Gasteiger partial charge in [0.15, 0.2) is 5.54 Å². The van der Waals surface area contributed by atoms with E-state index in [-0.39, 0.29) is 13.1 Å². The number of primary amides is 2. The Kier molecular flexibility index (Phi) is 2.92. The Bertz CT molecular complexity index is 257. The molecule has 0 saturated carbocycles. The first-order valence-electron chi connectivity index (χ1n) is 4.23. The molecule has 3 amide bonds. The van der Waals surface area contributed by atoms with Gasteiger partial charge in [0.25, 0.3) is 0 Å². The van der Waals surface area contributed by atoms with Crippen molar-refractivity contribution in [3.05, 3.63) is 0 Å². The summed E-state index contributed by atoms with van der Waals surface area (Å²) < 4.78 is 0. The number of rotatable bonds is 2. The maximum atomic E-state index is 11.2. The summed E-state index contributed by atoms with van der Waals surface area (Å²) in [4.78, 5) is 23.3. The van der Waals surface area contributed by atoms with Gasteiger partial charge < -0.3 is 26.8 Å². The number of amides is 3. The molecule has 0 aliphatic carbocycles. The van der Waals surface area contributed by atoms with Crippen molar-refractivity contribution in [3.8, 4) is 0 Å². The third-order valence-electron chi connectivity index (χ3n) is 2.43. The van der Waals surface area contributed by atoms with E-state index in [4.69, 9.17) is 16.6 Å². The molecule has 0 aromatic carbocycles. The summed E-state index contributed by atoms with van der Waals surface area (Å²) in [6, 6.07) is -0.751. The first kappa shape index (κ1) is 10.7. The molecule has 0 aromatic rings. The van der Waals surface area contributed by atoms with Gasteiger partial charge in [0.1, 0.15) is 0 Å². The molecular weight excluding hydrogens is 188 g/mol. The molecule has 80 valence electrons. The highest BCUT2D eigenvalue weighted by Crippen LogP contribution is 2.16. The van der Waals surface area contributed by atoms with Gasteiger partial charge in [-0.05, 0) is 0 Å². The average molecular weight is 202 g/mol. The van der Waals surface area contributed by atoms with E-state index in [0.29, 0.717) is 6.54 Å². The van der Waals surface area contributed by atoms with Crippen LogP contribution in [0, 0.1) is 0 Å². The van der Waals surface area contributed by atoms with Crippen LogP contribution in [-0.2, 0) is 4.79 Å². The zero-order chi connectivity index (χ0) is 10.8. The fourth-order valence-electron chi connectivity index (χ4n) is 1.56. The molecule has 1 saturated heterocycles. The van der Waals surface area contributed by atoms with Gasteiger partial charge in [-0.15, -0.1) is 0 Å². The summed E-state index contributed by atoms with van der Waals surface area (Å²) in [6.45, 7) is 0.386. The minimum absolute atomic E-state index is 0.127. The first-order chi connectivity index (χ1) is 6.54. The number of aliphatic hydroxyl groups is 1. The Balaban J connectivity index is 2.98. The second-order valence-electron chi connectivity index (χ2n) is 3.22. The molecule has 0 bridgehead atoms. The Labute approximate surface area is 81.0 Å². The highest BCUT2D eigenvalue weighted by atomic mass is 16.3. The summed E-state index contributed by atoms with van der Waals surface area (Å²) in [5.74, 6) is -0.758. The van der Waals surface area contributed by atoms with Gasteiger partial charge in [-0.25, -0.2) is 4.79 Å². The molecule has 0 aromatic heterocycles. The summed E-state index contributed by atoms with van der Waals surface area (Å²) >= 11 is 0. The number of piperazine rings is 1. The first-order valence-corrected chi connectivity index (χ1v) is 4.23. The van der Waals surface area contributed by atoms with Crippen LogP contribution in [0.15, 0.2) is 0 Å². The van der Waals surface area contributed by atoms with Crippen molar-refractivity contribution in [2.75, 3.05) is 26.2 Å². The van der Waals surface area contributed by atoms with Crippen LogP contribution in [0.1, 0.15) is 0 Å². The van der Waals surface area contributed by atoms with E-state index in [1.807, 2.05) is 0 Å². The molecule has 1 aliphatic rings. The second-order valence-corrected chi connectivity index (χ2v) is 3.22. The predicted octanol–water partition coefficient (Wildman–Crippen LogP) is -2.81. The van der Waals surface area contributed by atoms with Crippen LogP contribution in [0.2, 0.25) is 0 Å². The van der Waals surface area contributed by atoms with E-state index in [1.54, 1.807) is 0 Å². The van der Waals surface area contributed by atoms with Crippen LogP contribution in [0.25, 0.3) is 0 Å². The molecule has 1 unspecified atom stereocenters. The van der Waals surface area contributed by atoms with Gasteiger partial charge in [0.05, 0.1) is 6.61 Å². The molecule has 1 aliphatic heterocycles. The van der Waals surface area contributed by atoms with Crippen LogP contribution in [0.4, 0.5) is 4.79 Å². The maximum Gasteiger partial charge on any atom is 0.315 e. The Morgan fingerprint density at radius 1 is 1.50 bits per heavy atom. The lowest BCUT2D eigenvalue weighted by Gasteiger charge is -2.42. The van der Waals surface area contributed by atoms with Crippen molar-refractivity contribution in [1.29, 1.82) is 0 Å². The third kappa shape index (κ3) is 1.51. The lowest BCUT2D eigenvalue weighted by Crippen LogP contribution is -2.71. The van der Waals surface area contributed by atoms with Gasteiger partial charge >= 0.3 is 6.03 Å². The van der Waals surface area contributed by atoms with Crippen molar-refractivity contribution in [1.82, 2.24) is 10.2 Å². The minimum Gasteiger partial charge on any atom is -0.393 e. The predicted molar refractivity (Wildman–Crippen MR) is 48.2 cm³/mol. The van der Waals surface area contributed by atoms with E-state index < -0.39 is 24.1 Å². The number of carbonyl (C=O) groups excluding carboxylic acids is 2. The molecule has 1 fully saturated rings. The van der Waals surface area contributed by atoms with Crippen LogP contribution < -0.4 is 16.8 Å². The fraction of sp³-hybridized carbons (Fsp3) is 0.714. The molecule has 0 spiro atoms.